The molecule has 0 radical (unpaired) electrons. The maximum atomic E-state index is 12.4. The molecular weight excluding hydrogens is 386 g/mol. The van der Waals surface area contributed by atoms with Gasteiger partial charge in [0.25, 0.3) is 5.24 Å². The molecule has 134 valence electrons. The van der Waals surface area contributed by atoms with Crippen LogP contribution in [-0.2, 0) is 11.2 Å². The SMILES string of the molecule is CN(C)C(=O)Sc1ccccc1NC(=O)Cc1csc(-c2cccs2)n1. The van der Waals surface area contributed by atoms with Gasteiger partial charge in [0.2, 0.25) is 5.91 Å². The van der Waals surface area contributed by atoms with Crippen LogP contribution in [0, 0.1) is 0 Å². The van der Waals surface area contributed by atoms with Crippen molar-refractivity contribution in [2.75, 3.05) is 19.4 Å². The van der Waals surface area contributed by atoms with Crippen molar-refractivity contribution in [2.45, 2.75) is 11.3 Å². The van der Waals surface area contributed by atoms with Crippen LogP contribution < -0.4 is 5.32 Å². The third-order valence-electron chi connectivity index (χ3n) is 3.35. The lowest BCUT2D eigenvalue weighted by atomic mass is 10.3. The lowest BCUT2D eigenvalue weighted by Crippen LogP contribution is -2.18. The lowest BCUT2D eigenvalue weighted by molar-refractivity contribution is -0.115. The standard InChI is InChI=1S/C18H17N3O2S3/c1-21(2)18(23)26-14-7-4-3-6-13(14)20-16(22)10-12-11-25-17(19-12)15-8-5-9-24-15/h3-9,11H,10H2,1-2H3,(H,20,22). The van der Waals surface area contributed by atoms with Crippen molar-refractivity contribution in [3.8, 4) is 9.88 Å². The van der Waals surface area contributed by atoms with Gasteiger partial charge in [0, 0.05) is 24.4 Å². The summed E-state index contributed by atoms with van der Waals surface area (Å²) in [6.07, 6.45) is 0.197. The fourth-order valence-electron chi connectivity index (χ4n) is 2.10. The molecule has 26 heavy (non-hydrogen) atoms. The Balaban J connectivity index is 1.66. The summed E-state index contributed by atoms with van der Waals surface area (Å²) in [5.74, 6) is -0.154. The highest BCUT2D eigenvalue weighted by Gasteiger charge is 2.14. The van der Waals surface area contributed by atoms with Crippen molar-refractivity contribution in [3.63, 3.8) is 0 Å². The van der Waals surface area contributed by atoms with Gasteiger partial charge in [-0.2, -0.15) is 0 Å². The Labute approximate surface area is 164 Å². The molecule has 0 saturated carbocycles. The van der Waals surface area contributed by atoms with Crippen molar-refractivity contribution < 1.29 is 9.59 Å². The number of benzene rings is 1. The number of thiazole rings is 1. The number of hydrogen-bond donors (Lipinski definition) is 1. The van der Waals surface area contributed by atoms with E-state index in [-0.39, 0.29) is 17.6 Å². The van der Waals surface area contributed by atoms with E-state index in [0.29, 0.717) is 5.69 Å². The Hall–Kier alpha value is -2.16. The summed E-state index contributed by atoms with van der Waals surface area (Å²) < 4.78 is 0. The highest BCUT2D eigenvalue weighted by atomic mass is 32.2. The third-order valence-corrected chi connectivity index (χ3v) is 6.39. The number of hydrogen-bond acceptors (Lipinski definition) is 6. The summed E-state index contributed by atoms with van der Waals surface area (Å²) in [4.78, 5) is 32.2. The van der Waals surface area contributed by atoms with E-state index in [1.807, 2.05) is 41.1 Å². The molecule has 0 atom stereocenters. The van der Waals surface area contributed by atoms with Gasteiger partial charge in [-0.15, -0.1) is 22.7 Å². The second-order valence-electron chi connectivity index (χ2n) is 5.60. The summed E-state index contributed by atoms with van der Waals surface area (Å²) in [5, 5.41) is 7.63. The first-order chi connectivity index (χ1) is 12.5. The lowest BCUT2D eigenvalue weighted by Gasteiger charge is -2.12. The molecule has 3 rings (SSSR count). The first kappa shape index (κ1) is 18.6. The smallest absolute Gasteiger partial charge is 0.286 e. The Morgan fingerprint density at radius 3 is 2.69 bits per heavy atom. The number of anilines is 1. The van der Waals surface area contributed by atoms with E-state index in [0.717, 1.165) is 32.2 Å². The van der Waals surface area contributed by atoms with Crippen LogP contribution in [0.4, 0.5) is 10.5 Å². The molecule has 8 heteroatoms. The monoisotopic (exact) mass is 403 g/mol. The van der Waals surface area contributed by atoms with Gasteiger partial charge >= 0.3 is 0 Å². The number of nitrogens with zero attached hydrogens (tertiary/aromatic N) is 2. The van der Waals surface area contributed by atoms with Crippen LogP contribution in [0.3, 0.4) is 0 Å². The van der Waals surface area contributed by atoms with Gasteiger partial charge in [-0.1, -0.05) is 18.2 Å². The zero-order chi connectivity index (χ0) is 18.5. The minimum atomic E-state index is -0.154. The van der Waals surface area contributed by atoms with E-state index < -0.39 is 0 Å². The van der Waals surface area contributed by atoms with Gasteiger partial charge in [-0.05, 0) is 35.3 Å². The van der Waals surface area contributed by atoms with Gasteiger partial charge in [-0.3, -0.25) is 9.59 Å². The van der Waals surface area contributed by atoms with E-state index in [4.69, 9.17) is 0 Å². The van der Waals surface area contributed by atoms with Crippen molar-refractivity contribution in [1.29, 1.82) is 0 Å². The Morgan fingerprint density at radius 1 is 1.15 bits per heavy atom. The van der Waals surface area contributed by atoms with Crippen LogP contribution in [-0.4, -0.2) is 35.1 Å². The Morgan fingerprint density at radius 2 is 1.96 bits per heavy atom. The summed E-state index contributed by atoms with van der Waals surface area (Å²) in [5.41, 5.74) is 1.37. The van der Waals surface area contributed by atoms with E-state index >= 15 is 0 Å². The average Bonchev–Trinajstić information content (AvgIpc) is 3.27. The first-order valence-corrected chi connectivity index (χ1v) is 10.4. The zero-order valence-corrected chi connectivity index (χ0v) is 16.7. The number of carbonyl (C=O) groups is 2. The van der Waals surface area contributed by atoms with Gasteiger partial charge in [0.15, 0.2) is 0 Å². The zero-order valence-electron chi connectivity index (χ0n) is 14.3. The predicted octanol–water partition coefficient (Wildman–Crippen LogP) is 4.83. The minimum Gasteiger partial charge on any atom is -0.339 e. The fraction of sp³-hybridized carbons (Fsp3) is 0.167. The molecule has 0 bridgehead atoms. The number of thioether (sulfide) groups is 1. The molecule has 0 unspecified atom stereocenters. The van der Waals surface area contributed by atoms with Crippen LogP contribution in [0.5, 0.6) is 0 Å². The number of nitrogens with one attached hydrogen (secondary N) is 1. The van der Waals surface area contributed by atoms with Crippen LogP contribution in [0.25, 0.3) is 9.88 Å². The van der Waals surface area contributed by atoms with Crippen LogP contribution in [0.2, 0.25) is 0 Å². The molecular formula is C18H17N3O2S3. The maximum Gasteiger partial charge on any atom is 0.286 e. The third kappa shape index (κ3) is 4.72. The molecule has 1 aromatic carbocycles. The van der Waals surface area contributed by atoms with Crippen molar-refractivity contribution >= 4 is 51.3 Å². The average molecular weight is 404 g/mol. The molecule has 0 saturated heterocycles. The molecule has 0 aliphatic heterocycles. The highest BCUT2D eigenvalue weighted by molar-refractivity contribution is 8.13. The fourth-order valence-corrected chi connectivity index (χ4v) is 4.48. The molecule has 0 aliphatic carbocycles. The largest absolute Gasteiger partial charge is 0.339 e. The first-order valence-electron chi connectivity index (χ1n) is 7.79. The number of rotatable bonds is 5. The van der Waals surface area contributed by atoms with Crippen LogP contribution in [0.1, 0.15) is 5.69 Å². The predicted molar refractivity (Wildman–Crippen MR) is 109 cm³/mol. The van der Waals surface area contributed by atoms with Gasteiger partial charge in [-0.25, -0.2) is 4.98 Å². The van der Waals surface area contributed by atoms with E-state index in [1.54, 1.807) is 31.5 Å². The van der Waals surface area contributed by atoms with Crippen molar-refractivity contribution in [2.24, 2.45) is 0 Å². The van der Waals surface area contributed by atoms with Gasteiger partial charge in [0.05, 0.1) is 22.7 Å². The second kappa shape index (κ2) is 8.48. The van der Waals surface area contributed by atoms with E-state index in [1.165, 1.54) is 16.2 Å². The van der Waals surface area contributed by atoms with Gasteiger partial charge < -0.3 is 10.2 Å². The number of para-hydroxylation sites is 1. The Bertz CT molecular complexity index is 904. The summed E-state index contributed by atoms with van der Waals surface area (Å²) in [6, 6.07) is 11.3. The normalized spacial score (nSPS) is 10.5. The van der Waals surface area contributed by atoms with E-state index in [9.17, 15) is 9.59 Å². The number of thiophene rings is 1. The molecule has 2 amide bonds. The van der Waals surface area contributed by atoms with Crippen molar-refractivity contribution in [3.05, 3.63) is 52.9 Å². The quantitative estimate of drug-likeness (QED) is 0.620. The topological polar surface area (TPSA) is 62.3 Å². The molecule has 0 aliphatic rings. The van der Waals surface area contributed by atoms with E-state index in [2.05, 4.69) is 10.3 Å². The summed E-state index contributed by atoms with van der Waals surface area (Å²) >= 11 is 4.25. The van der Waals surface area contributed by atoms with Crippen LogP contribution in [0.15, 0.2) is 52.1 Å². The van der Waals surface area contributed by atoms with Crippen molar-refractivity contribution in [1.82, 2.24) is 9.88 Å². The molecule has 2 aromatic heterocycles. The minimum absolute atomic E-state index is 0.0909. The second-order valence-corrected chi connectivity index (χ2v) is 8.40. The molecule has 1 N–H and O–H groups in total. The molecule has 5 nitrogen and oxygen atoms in total. The molecule has 2 heterocycles. The molecule has 0 spiro atoms. The molecule has 3 aromatic rings. The summed E-state index contributed by atoms with van der Waals surface area (Å²) in [7, 11) is 3.40. The molecule has 0 fully saturated rings. The van der Waals surface area contributed by atoms with Crippen LogP contribution >= 0.6 is 34.4 Å². The number of amides is 2. The maximum absolute atomic E-state index is 12.4. The number of aromatic nitrogens is 1. The van der Waals surface area contributed by atoms with Gasteiger partial charge in [0.1, 0.15) is 5.01 Å². The Kier molecular flexibility index (Phi) is 6.08. The highest BCUT2D eigenvalue weighted by Crippen LogP contribution is 2.30. The number of carbonyl (C=O) groups excluding carboxylic acids is 2. The summed E-state index contributed by atoms with van der Waals surface area (Å²) in [6.45, 7) is 0.